The van der Waals surface area contributed by atoms with Gasteiger partial charge >= 0.3 is 0 Å². The van der Waals surface area contributed by atoms with Crippen LogP contribution in [0.3, 0.4) is 0 Å². The number of hydrogen-bond acceptors (Lipinski definition) is 7. The summed E-state index contributed by atoms with van der Waals surface area (Å²) in [6.07, 6.45) is 0.313. The number of hydrogen-bond donors (Lipinski definition) is 1. The van der Waals surface area contributed by atoms with Gasteiger partial charge in [-0.25, -0.2) is 0 Å². The first-order valence-electron chi connectivity index (χ1n) is 8.45. The smallest absolute Gasteiger partial charge is 0.267 e. The SMILES string of the molecule is CC1(C)Oc2ccc(C#N)cc2[C@H](N2CCCC2=O)[C@H]1OCOP(=O)([O-])O. The molecule has 0 aliphatic carbocycles. The van der Waals surface area contributed by atoms with Gasteiger partial charge in [0, 0.05) is 18.5 Å². The molecule has 10 heteroatoms. The van der Waals surface area contributed by atoms with Crippen molar-refractivity contribution in [2.24, 2.45) is 0 Å². The largest absolute Gasteiger partial charge is 0.756 e. The van der Waals surface area contributed by atoms with E-state index >= 15 is 0 Å². The van der Waals surface area contributed by atoms with E-state index in [0.29, 0.717) is 36.3 Å². The summed E-state index contributed by atoms with van der Waals surface area (Å²) in [5, 5.41) is 9.23. The minimum absolute atomic E-state index is 0.0582. The molecule has 2 aliphatic heterocycles. The Morgan fingerprint density at radius 1 is 1.52 bits per heavy atom. The van der Waals surface area contributed by atoms with Crippen molar-refractivity contribution in [3.63, 3.8) is 0 Å². The number of ether oxygens (including phenoxy) is 2. The zero-order valence-electron chi connectivity index (χ0n) is 15.0. The summed E-state index contributed by atoms with van der Waals surface area (Å²) in [5.41, 5.74) is 0.0893. The predicted octanol–water partition coefficient (Wildman–Crippen LogP) is 1.21. The Kier molecular flexibility index (Phi) is 5.30. The molecule has 0 spiro atoms. The molecule has 1 N–H and O–H groups in total. The number of nitriles is 1. The zero-order valence-corrected chi connectivity index (χ0v) is 15.8. The highest BCUT2D eigenvalue weighted by molar-refractivity contribution is 7.44. The molecule has 1 aromatic carbocycles. The monoisotopic (exact) mass is 395 g/mol. The maximum atomic E-state index is 12.4. The summed E-state index contributed by atoms with van der Waals surface area (Å²) < 4.78 is 26.8. The standard InChI is InChI=1S/C17H21N2O7P/c1-17(2)16(24-10-25-27(21,22)23)15(19-7-3-4-14(19)20)12-8-11(9-18)5-6-13(12)26-17/h5-6,8,15-16H,3-4,7,10H2,1-2H3,(H2,21,22,23)/p-1/t15-,16+/m0/s1. The third kappa shape index (κ3) is 4.15. The first kappa shape index (κ1) is 19.8. The van der Waals surface area contributed by atoms with E-state index in [1.807, 2.05) is 0 Å². The predicted molar refractivity (Wildman–Crippen MR) is 90.2 cm³/mol. The quantitative estimate of drug-likeness (QED) is 0.581. The Balaban J connectivity index is 2.01. The van der Waals surface area contributed by atoms with Gasteiger partial charge in [0.05, 0.1) is 17.7 Å². The number of rotatable bonds is 5. The lowest BCUT2D eigenvalue weighted by atomic mass is 9.85. The molecule has 2 heterocycles. The van der Waals surface area contributed by atoms with E-state index in [1.54, 1.807) is 36.9 Å². The number of carbonyl (C=O) groups excluding carboxylic acids is 1. The first-order chi connectivity index (χ1) is 12.6. The maximum absolute atomic E-state index is 12.4. The van der Waals surface area contributed by atoms with E-state index in [-0.39, 0.29) is 5.91 Å². The van der Waals surface area contributed by atoms with Gasteiger partial charge < -0.3 is 24.2 Å². The van der Waals surface area contributed by atoms with Crippen LogP contribution >= 0.6 is 7.82 Å². The third-order valence-electron chi connectivity index (χ3n) is 4.71. The number of amides is 1. The second-order valence-electron chi connectivity index (χ2n) is 7.01. The van der Waals surface area contributed by atoms with Gasteiger partial charge in [0.2, 0.25) is 5.91 Å². The Labute approximate surface area is 156 Å². The summed E-state index contributed by atoms with van der Waals surface area (Å²) in [5.74, 6) is 0.471. The Morgan fingerprint density at radius 3 is 2.85 bits per heavy atom. The lowest BCUT2D eigenvalue weighted by molar-refractivity contribution is -0.236. The molecule has 0 aromatic heterocycles. The summed E-state index contributed by atoms with van der Waals surface area (Å²) in [6.45, 7) is 3.29. The van der Waals surface area contributed by atoms with Crippen LogP contribution in [-0.4, -0.2) is 40.7 Å². The van der Waals surface area contributed by atoms with E-state index in [9.17, 15) is 19.5 Å². The highest BCUT2D eigenvalue weighted by Crippen LogP contribution is 2.46. The molecule has 2 aliphatic rings. The molecule has 0 radical (unpaired) electrons. The maximum Gasteiger partial charge on any atom is 0.267 e. The van der Waals surface area contributed by atoms with E-state index < -0.39 is 32.4 Å². The van der Waals surface area contributed by atoms with E-state index in [2.05, 4.69) is 10.6 Å². The molecule has 9 nitrogen and oxygen atoms in total. The fourth-order valence-electron chi connectivity index (χ4n) is 3.58. The number of benzene rings is 1. The average Bonchev–Trinajstić information content (AvgIpc) is 2.99. The van der Waals surface area contributed by atoms with Crippen molar-refractivity contribution in [2.45, 2.75) is 44.4 Å². The second-order valence-corrected chi connectivity index (χ2v) is 8.20. The van der Waals surface area contributed by atoms with Gasteiger partial charge in [-0.1, -0.05) is 0 Å². The normalized spacial score (nSPS) is 26.0. The van der Waals surface area contributed by atoms with Gasteiger partial charge in [0.25, 0.3) is 7.82 Å². The fraction of sp³-hybridized carbons (Fsp3) is 0.529. The fourth-order valence-corrected chi connectivity index (χ4v) is 3.78. The number of phosphoric acid groups is 1. The van der Waals surface area contributed by atoms with E-state index in [4.69, 9.17) is 14.4 Å². The number of nitrogens with zero attached hydrogens (tertiary/aromatic N) is 2. The minimum atomic E-state index is -4.95. The summed E-state index contributed by atoms with van der Waals surface area (Å²) in [4.78, 5) is 33.7. The molecular formula is C17H20N2O7P-. The topological polar surface area (TPSA) is 132 Å². The van der Waals surface area contributed by atoms with Gasteiger partial charge in [0.15, 0.2) is 6.79 Å². The molecule has 3 atom stereocenters. The molecular weight excluding hydrogens is 375 g/mol. The minimum Gasteiger partial charge on any atom is -0.756 e. The Morgan fingerprint density at radius 2 is 2.26 bits per heavy atom. The van der Waals surface area contributed by atoms with Gasteiger partial charge in [-0.05, 0) is 38.5 Å². The van der Waals surface area contributed by atoms with Crippen molar-refractivity contribution in [1.82, 2.24) is 4.90 Å². The van der Waals surface area contributed by atoms with Crippen molar-refractivity contribution in [3.8, 4) is 11.8 Å². The molecule has 1 aromatic rings. The lowest BCUT2D eigenvalue weighted by Gasteiger charge is -2.47. The molecule has 3 rings (SSSR count). The van der Waals surface area contributed by atoms with Crippen molar-refractivity contribution in [2.75, 3.05) is 13.3 Å². The van der Waals surface area contributed by atoms with E-state index in [1.165, 1.54) is 0 Å². The van der Waals surface area contributed by atoms with Crippen LogP contribution in [0.2, 0.25) is 0 Å². The molecule has 1 unspecified atom stereocenters. The van der Waals surface area contributed by atoms with Crippen LogP contribution < -0.4 is 9.63 Å². The molecule has 27 heavy (non-hydrogen) atoms. The summed E-state index contributed by atoms with van der Waals surface area (Å²) in [7, 11) is -4.95. The van der Waals surface area contributed by atoms with Gasteiger partial charge in [-0.15, -0.1) is 0 Å². The Hall–Kier alpha value is -1.95. The number of carbonyl (C=O) groups is 1. The first-order valence-corrected chi connectivity index (χ1v) is 9.94. The van der Waals surface area contributed by atoms with Crippen LogP contribution in [0.15, 0.2) is 18.2 Å². The lowest BCUT2D eigenvalue weighted by Crippen LogP contribution is -2.55. The number of fused-ring (bicyclic) bond motifs is 1. The molecule has 1 saturated heterocycles. The molecule has 0 saturated carbocycles. The highest BCUT2D eigenvalue weighted by Gasteiger charge is 2.49. The summed E-state index contributed by atoms with van der Waals surface area (Å²) in [6, 6.07) is 6.42. The van der Waals surface area contributed by atoms with Crippen LogP contribution in [0, 0.1) is 11.3 Å². The van der Waals surface area contributed by atoms with Crippen LogP contribution in [0.5, 0.6) is 5.75 Å². The van der Waals surface area contributed by atoms with E-state index in [0.717, 1.165) is 0 Å². The number of phosphoric ester groups is 1. The highest BCUT2D eigenvalue weighted by atomic mass is 31.2. The molecule has 146 valence electrons. The third-order valence-corrected chi connectivity index (χ3v) is 5.14. The number of likely N-dealkylation sites (tertiary alicyclic amines) is 1. The van der Waals surface area contributed by atoms with Crippen molar-refractivity contribution in [1.29, 1.82) is 5.26 Å². The molecule has 1 fully saturated rings. The zero-order chi connectivity index (χ0) is 19.8. The molecule has 0 bridgehead atoms. The van der Waals surface area contributed by atoms with Gasteiger partial charge in [0.1, 0.15) is 17.5 Å². The average molecular weight is 395 g/mol. The van der Waals surface area contributed by atoms with Crippen molar-refractivity contribution in [3.05, 3.63) is 29.3 Å². The van der Waals surface area contributed by atoms with Crippen molar-refractivity contribution < 1.29 is 33.1 Å². The van der Waals surface area contributed by atoms with Crippen LogP contribution in [-0.2, 0) is 18.6 Å². The van der Waals surface area contributed by atoms with Crippen molar-refractivity contribution >= 4 is 13.7 Å². The second kappa shape index (κ2) is 7.23. The van der Waals surface area contributed by atoms with Gasteiger partial charge in [-0.2, -0.15) is 5.26 Å². The van der Waals surface area contributed by atoms with Crippen LogP contribution in [0.4, 0.5) is 0 Å². The van der Waals surface area contributed by atoms with Crippen LogP contribution in [0.1, 0.15) is 43.9 Å². The molecule has 1 amide bonds. The Bertz CT molecular complexity index is 829. The van der Waals surface area contributed by atoms with Crippen LogP contribution in [0.25, 0.3) is 0 Å². The summed E-state index contributed by atoms with van der Waals surface area (Å²) >= 11 is 0. The van der Waals surface area contributed by atoms with Gasteiger partial charge in [-0.3, -0.25) is 13.9 Å².